The number of hydrogen-bond donors (Lipinski definition) is 0. The molecular formula is C15H19NO2. The van der Waals surface area contributed by atoms with E-state index in [-0.39, 0.29) is 0 Å². The van der Waals surface area contributed by atoms with Gasteiger partial charge in [-0.2, -0.15) is 0 Å². The molecule has 0 radical (unpaired) electrons. The van der Waals surface area contributed by atoms with E-state index in [9.17, 15) is 0 Å². The van der Waals surface area contributed by atoms with Crippen LogP contribution in [0.15, 0.2) is 18.2 Å². The van der Waals surface area contributed by atoms with Gasteiger partial charge in [0.2, 0.25) is 0 Å². The summed E-state index contributed by atoms with van der Waals surface area (Å²) in [6.07, 6.45) is 0. The molecule has 0 aliphatic rings. The van der Waals surface area contributed by atoms with E-state index in [2.05, 4.69) is 24.9 Å². The number of aromatic nitrogens is 1. The highest BCUT2D eigenvalue weighted by Gasteiger charge is 2.12. The van der Waals surface area contributed by atoms with Crippen LogP contribution in [0.3, 0.4) is 0 Å². The first-order valence-corrected chi connectivity index (χ1v) is 6.10. The zero-order valence-electron chi connectivity index (χ0n) is 11.6. The third kappa shape index (κ3) is 2.13. The van der Waals surface area contributed by atoms with Gasteiger partial charge in [0.1, 0.15) is 0 Å². The fourth-order valence-electron chi connectivity index (χ4n) is 2.19. The Morgan fingerprint density at radius 1 is 1.00 bits per heavy atom. The van der Waals surface area contributed by atoms with Crippen molar-refractivity contribution in [3.63, 3.8) is 0 Å². The van der Waals surface area contributed by atoms with E-state index in [0.717, 1.165) is 28.1 Å². The molecular weight excluding hydrogens is 226 g/mol. The van der Waals surface area contributed by atoms with E-state index in [4.69, 9.17) is 9.47 Å². The van der Waals surface area contributed by atoms with Gasteiger partial charge in [0, 0.05) is 17.1 Å². The van der Waals surface area contributed by atoms with Crippen molar-refractivity contribution in [2.45, 2.75) is 26.7 Å². The second-order valence-corrected chi connectivity index (χ2v) is 4.73. The van der Waals surface area contributed by atoms with Crippen LogP contribution in [0.4, 0.5) is 0 Å². The summed E-state index contributed by atoms with van der Waals surface area (Å²) in [7, 11) is 3.29. The van der Waals surface area contributed by atoms with Gasteiger partial charge in [-0.05, 0) is 30.5 Å². The summed E-state index contributed by atoms with van der Waals surface area (Å²) in [5.41, 5.74) is 3.27. The van der Waals surface area contributed by atoms with Crippen LogP contribution in [0.25, 0.3) is 10.9 Å². The molecule has 1 aromatic carbocycles. The lowest BCUT2D eigenvalue weighted by Gasteiger charge is -2.14. The number of benzene rings is 1. The van der Waals surface area contributed by atoms with Crippen LogP contribution < -0.4 is 9.47 Å². The van der Waals surface area contributed by atoms with E-state index < -0.39 is 0 Å². The van der Waals surface area contributed by atoms with Gasteiger partial charge in [-0.25, -0.2) is 0 Å². The lowest BCUT2D eigenvalue weighted by Crippen LogP contribution is -1.97. The number of pyridine rings is 1. The summed E-state index contributed by atoms with van der Waals surface area (Å²) in [6.45, 7) is 6.39. The SMILES string of the molecule is COc1cc2nc(C)cc(C(C)C)c2cc1OC. The van der Waals surface area contributed by atoms with E-state index in [1.807, 2.05) is 19.1 Å². The minimum absolute atomic E-state index is 0.451. The molecule has 18 heavy (non-hydrogen) atoms. The van der Waals surface area contributed by atoms with E-state index in [0.29, 0.717) is 5.92 Å². The van der Waals surface area contributed by atoms with E-state index in [1.165, 1.54) is 5.56 Å². The van der Waals surface area contributed by atoms with Crippen LogP contribution >= 0.6 is 0 Å². The standard InChI is InChI=1S/C15H19NO2/c1-9(2)11-6-10(3)16-13-8-15(18-5)14(17-4)7-12(11)13/h6-9H,1-5H3. The molecule has 2 rings (SSSR count). The van der Waals surface area contributed by atoms with Crippen LogP contribution in [-0.4, -0.2) is 19.2 Å². The van der Waals surface area contributed by atoms with Gasteiger partial charge in [0.15, 0.2) is 11.5 Å². The molecule has 96 valence electrons. The highest BCUT2D eigenvalue weighted by atomic mass is 16.5. The van der Waals surface area contributed by atoms with Crippen LogP contribution in [0.1, 0.15) is 31.0 Å². The smallest absolute Gasteiger partial charge is 0.162 e. The molecule has 0 amide bonds. The van der Waals surface area contributed by atoms with Gasteiger partial charge in [-0.15, -0.1) is 0 Å². The molecule has 2 aromatic rings. The number of fused-ring (bicyclic) bond motifs is 1. The molecule has 3 heteroatoms. The lowest BCUT2D eigenvalue weighted by atomic mass is 9.97. The molecule has 1 heterocycles. The summed E-state index contributed by atoms with van der Waals surface area (Å²) >= 11 is 0. The maximum absolute atomic E-state index is 5.36. The molecule has 1 aromatic heterocycles. The van der Waals surface area contributed by atoms with Gasteiger partial charge < -0.3 is 9.47 Å². The summed E-state index contributed by atoms with van der Waals surface area (Å²) in [6, 6.07) is 6.09. The maximum Gasteiger partial charge on any atom is 0.162 e. The molecule has 0 spiro atoms. The lowest BCUT2D eigenvalue weighted by molar-refractivity contribution is 0.355. The average Bonchev–Trinajstić information content (AvgIpc) is 2.35. The summed E-state index contributed by atoms with van der Waals surface area (Å²) in [5.74, 6) is 1.92. The van der Waals surface area contributed by atoms with Crippen LogP contribution in [0.5, 0.6) is 11.5 Å². The topological polar surface area (TPSA) is 31.4 Å². The predicted octanol–water partition coefficient (Wildman–Crippen LogP) is 3.68. The number of ether oxygens (including phenoxy) is 2. The third-order valence-electron chi connectivity index (χ3n) is 3.10. The Bertz CT molecular complexity index is 576. The molecule has 0 aliphatic heterocycles. The van der Waals surface area contributed by atoms with Crippen LogP contribution in [0, 0.1) is 6.92 Å². The maximum atomic E-state index is 5.36. The van der Waals surface area contributed by atoms with Gasteiger partial charge in [-0.1, -0.05) is 13.8 Å². The largest absolute Gasteiger partial charge is 0.493 e. The van der Waals surface area contributed by atoms with Crippen LogP contribution in [-0.2, 0) is 0 Å². The first-order valence-electron chi connectivity index (χ1n) is 6.10. The van der Waals surface area contributed by atoms with Gasteiger partial charge >= 0.3 is 0 Å². The number of hydrogen-bond acceptors (Lipinski definition) is 3. The highest BCUT2D eigenvalue weighted by Crippen LogP contribution is 2.35. The van der Waals surface area contributed by atoms with Gasteiger partial charge in [0.25, 0.3) is 0 Å². The highest BCUT2D eigenvalue weighted by molar-refractivity contribution is 5.86. The molecule has 0 aliphatic carbocycles. The second kappa shape index (κ2) is 4.84. The van der Waals surface area contributed by atoms with E-state index >= 15 is 0 Å². The number of methoxy groups -OCH3 is 2. The van der Waals surface area contributed by atoms with Crippen molar-refractivity contribution in [2.75, 3.05) is 14.2 Å². The summed E-state index contributed by atoms with van der Waals surface area (Å²) < 4.78 is 10.7. The quantitative estimate of drug-likeness (QED) is 0.826. The monoisotopic (exact) mass is 245 g/mol. The number of rotatable bonds is 3. The minimum atomic E-state index is 0.451. The first kappa shape index (κ1) is 12.7. The Morgan fingerprint density at radius 3 is 2.17 bits per heavy atom. The fourth-order valence-corrected chi connectivity index (χ4v) is 2.19. The van der Waals surface area contributed by atoms with Crippen molar-refractivity contribution >= 4 is 10.9 Å². The van der Waals surface area contributed by atoms with Crippen molar-refractivity contribution < 1.29 is 9.47 Å². The average molecular weight is 245 g/mol. The van der Waals surface area contributed by atoms with Crippen molar-refractivity contribution in [1.29, 1.82) is 0 Å². The van der Waals surface area contributed by atoms with Crippen molar-refractivity contribution in [2.24, 2.45) is 0 Å². The Hall–Kier alpha value is -1.77. The molecule has 0 unspecified atom stereocenters. The summed E-state index contributed by atoms with van der Waals surface area (Å²) in [4.78, 5) is 4.57. The van der Waals surface area contributed by atoms with E-state index in [1.54, 1.807) is 14.2 Å². The molecule has 0 bridgehead atoms. The van der Waals surface area contributed by atoms with Gasteiger partial charge in [0.05, 0.1) is 19.7 Å². The van der Waals surface area contributed by atoms with Crippen molar-refractivity contribution in [1.82, 2.24) is 4.98 Å². The Labute approximate surface area is 108 Å². The minimum Gasteiger partial charge on any atom is -0.493 e. The molecule has 0 saturated heterocycles. The molecule has 0 fully saturated rings. The third-order valence-corrected chi connectivity index (χ3v) is 3.10. The summed E-state index contributed by atoms with van der Waals surface area (Å²) in [5, 5.41) is 1.13. The zero-order valence-corrected chi connectivity index (χ0v) is 11.6. The normalized spacial score (nSPS) is 11.0. The molecule has 0 N–H and O–H groups in total. The van der Waals surface area contributed by atoms with Crippen molar-refractivity contribution in [3.05, 3.63) is 29.5 Å². The van der Waals surface area contributed by atoms with Crippen LogP contribution in [0.2, 0.25) is 0 Å². The van der Waals surface area contributed by atoms with Crippen molar-refractivity contribution in [3.8, 4) is 11.5 Å². The number of aryl methyl sites for hydroxylation is 1. The zero-order chi connectivity index (χ0) is 13.3. The predicted molar refractivity (Wildman–Crippen MR) is 73.7 cm³/mol. The molecule has 0 saturated carbocycles. The Kier molecular flexibility index (Phi) is 3.41. The second-order valence-electron chi connectivity index (χ2n) is 4.73. The molecule has 0 atom stereocenters. The Balaban J connectivity index is 2.79. The molecule has 3 nitrogen and oxygen atoms in total. The Morgan fingerprint density at radius 2 is 1.61 bits per heavy atom. The fraction of sp³-hybridized carbons (Fsp3) is 0.400. The van der Waals surface area contributed by atoms with Gasteiger partial charge in [-0.3, -0.25) is 4.98 Å². The number of nitrogens with zero attached hydrogens (tertiary/aromatic N) is 1. The first-order chi connectivity index (χ1) is 8.56.